The highest BCUT2D eigenvalue weighted by Crippen LogP contribution is 2.23. The standard InChI is InChI=1S/C17H18N2O4/c20-17-16-15(13-5-1-2-6-14(13)23-16)18-11-19(17)7-9-21-10-12-4-3-8-22-12/h1-2,5-6,11-12H,3-4,7-10H2. The first-order valence-electron chi connectivity index (χ1n) is 7.89. The summed E-state index contributed by atoms with van der Waals surface area (Å²) in [5.41, 5.74) is 1.42. The van der Waals surface area contributed by atoms with Crippen molar-refractivity contribution in [2.24, 2.45) is 0 Å². The Kier molecular flexibility index (Phi) is 3.85. The minimum Gasteiger partial charge on any atom is -0.448 e. The van der Waals surface area contributed by atoms with Gasteiger partial charge < -0.3 is 13.9 Å². The number of hydrogen-bond donors (Lipinski definition) is 0. The summed E-state index contributed by atoms with van der Waals surface area (Å²) in [5.74, 6) is 0. The second kappa shape index (κ2) is 6.14. The molecule has 0 aliphatic carbocycles. The number of fused-ring (bicyclic) bond motifs is 3. The SMILES string of the molecule is O=c1c2oc3ccccc3c2ncn1CCOCC1CCCO1. The average molecular weight is 314 g/mol. The van der Waals surface area contributed by atoms with Gasteiger partial charge in [0.1, 0.15) is 11.1 Å². The van der Waals surface area contributed by atoms with Gasteiger partial charge in [0.05, 0.1) is 32.2 Å². The molecule has 6 nitrogen and oxygen atoms in total. The predicted octanol–water partition coefficient (Wildman–Crippen LogP) is 2.34. The first-order valence-corrected chi connectivity index (χ1v) is 7.89. The lowest BCUT2D eigenvalue weighted by Crippen LogP contribution is -2.23. The molecule has 0 N–H and O–H groups in total. The molecule has 0 bridgehead atoms. The van der Waals surface area contributed by atoms with Gasteiger partial charge in [0.2, 0.25) is 5.58 Å². The molecule has 0 spiro atoms. The van der Waals surface area contributed by atoms with Crippen molar-refractivity contribution in [2.45, 2.75) is 25.5 Å². The zero-order valence-electron chi connectivity index (χ0n) is 12.7. The first-order chi connectivity index (χ1) is 11.3. The molecule has 0 amide bonds. The second-order valence-corrected chi connectivity index (χ2v) is 5.73. The van der Waals surface area contributed by atoms with E-state index in [2.05, 4.69) is 4.98 Å². The Morgan fingerprint density at radius 2 is 2.26 bits per heavy atom. The van der Waals surface area contributed by atoms with Crippen LogP contribution in [-0.2, 0) is 16.0 Å². The molecule has 1 saturated heterocycles. The summed E-state index contributed by atoms with van der Waals surface area (Å²) < 4.78 is 18.3. The van der Waals surface area contributed by atoms with Gasteiger partial charge in [-0.2, -0.15) is 0 Å². The van der Waals surface area contributed by atoms with Crippen LogP contribution in [-0.4, -0.2) is 35.5 Å². The fourth-order valence-electron chi connectivity index (χ4n) is 2.93. The molecule has 2 aromatic heterocycles. The number of ether oxygens (including phenoxy) is 2. The lowest BCUT2D eigenvalue weighted by atomic mass is 10.2. The Balaban J connectivity index is 1.50. The number of nitrogens with zero attached hydrogens (tertiary/aromatic N) is 2. The van der Waals surface area contributed by atoms with Gasteiger partial charge in [0, 0.05) is 12.0 Å². The fourth-order valence-corrected chi connectivity index (χ4v) is 2.93. The number of rotatable bonds is 5. The van der Waals surface area contributed by atoms with Gasteiger partial charge in [0.25, 0.3) is 5.56 Å². The molecular formula is C17H18N2O4. The minimum absolute atomic E-state index is 0.174. The normalized spacial score (nSPS) is 18.2. The number of furan rings is 1. The van der Waals surface area contributed by atoms with Gasteiger partial charge in [0.15, 0.2) is 0 Å². The maximum Gasteiger partial charge on any atom is 0.297 e. The van der Waals surface area contributed by atoms with Crippen LogP contribution in [0.3, 0.4) is 0 Å². The highest BCUT2D eigenvalue weighted by Gasteiger charge is 2.16. The Morgan fingerprint density at radius 1 is 1.35 bits per heavy atom. The lowest BCUT2D eigenvalue weighted by Gasteiger charge is -2.10. The van der Waals surface area contributed by atoms with E-state index in [9.17, 15) is 4.79 Å². The predicted molar refractivity (Wildman–Crippen MR) is 85.6 cm³/mol. The van der Waals surface area contributed by atoms with Crippen molar-refractivity contribution in [1.82, 2.24) is 9.55 Å². The second-order valence-electron chi connectivity index (χ2n) is 5.73. The third-order valence-corrected chi connectivity index (χ3v) is 4.15. The van der Waals surface area contributed by atoms with Gasteiger partial charge >= 0.3 is 0 Å². The van der Waals surface area contributed by atoms with E-state index in [0.29, 0.717) is 36.4 Å². The summed E-state index contributed by atoms with van der Waals surface area (Å²) in [6.07, 6.45) is 3.90. The van der Waals surface area contributed by atoms with Gasteiger partial charge in [-0.15, -0.1) is 0 Å². The van der Waals surface area contributed by atoms with Crippen molar-refractivity contribution in [3.63, 3.8) is 0 Å². The molecule has 3 aromatic rings. The highest BCUT2D eigenvalue weighted by atomic mass is 16.5. The fraction of sp³-hybridized carbons (Fsp3) is 0.412. The molecule has 120 valence electrons. The van der Waals surface area contributed by atoms with E-state index in [1.807, 2.05) is 24.3 Å². The maximum atomic E-state index is 12.5. The quantitative estimate of drug-likeness (QED) is 0.676. The summed E-state index contributed by atoms with van der Waals surface area (Å²) in [7, 11) is 0. The average Bonchev–Trinajstić information content (AvgIpc) is 3.21. The molecular weight excluding hydrogens is 296 g/mol. The lowest BCUT2D eigenvalue weighted by molar-refractivity contribution is 0.0146. The van der Waals surface area contributed by atoms with Crippen molar-refractivity contribution in [2.75, 3.05) is 19.8 Å². The van der Waals surface area contributed by atoms with Crippen LogP contribution >= 0.6 is 0 Å². The van der Waals surface area contributed by atoms with Crippen molar-refractivity contribution in [3.8, 4) is 0 Å². The van der Waals surface area contributed by atoms with E-state index >= 15 is 0 Å². The molecule has 23 heavy (non-hydrogen) atoms. The van der Waals surface area contributed by atoms with E-state index < -0.39 is 0 Å². The van der Waals surface area contributed by atoms with Crippen molar-refractivity contribution in [1.29, 1.82) is 0 Å². The summed E-state index contributed by atoms with van der Waals surface area (Å²) in [6, 6.07) is 7.53. The van der Waals surface area contributed by atoms with Gasteiger partial charge in [-0.05, 0) is 25.0 Å². The molecule has 1 aliphatic rings. The first kappa shape index (κ1) is 14.4. The van der Waals surface area contributed by atoms with Crippen LogP contribution in [0.25, 0.3) is 22.1 Å². The van der Waals surface area contributed by atoms with Gasteiger partial charge in [-0.25, -0.2) is 4.98 Å². The number of aromatic nitrogens is 2. The zero-order chi connectivity index (χ0) is 15.6. The van der Waals surface area contributed by atoms with E-state index in [4.69, 9.17) is 13.9 Å². The van der Waals surface area contributed by atoms with Crippen LogP contribution in [0, 0.1) is 0 Å². The van der Waals surface area contributed by atoms with E-state index in [1.54, 1.807) is 6.33 Å². The molecule has 3 heterocycles. The summed E-state index contributed by atoms with van der Waals surface area (Å²) >= 11 is 0. The van der Waals surface area contributed by atoms with E-state index in [0.717, 1.165) is 24.8 Å². The molecule has 4 rings (SSSR count). The molecule has 0 radical (unpaired) electrons. The third-order valence-electron chi connectivity index (χ3n) is 4.15. The van der Waals surface area contributed by atoms with Gasteiger partial charge in [-0.3, -0.25) is 9.36 Å². The monoisotopic (exact) mass is 314 g/mol. The van der Waals surface area contributed by atoms with Crippen LogP contribution in [0.15, 0.2) is 39.8 Å². The van der Waals surface area contributed by atoms with Crippen LogP contribution in [0.1, 0.15) is 12.8 Å². The smallest absolute Gasteiger partial charge is 0.297 e. The van der Waals surface area contributed by atoms with Crippen LogP contribution < -0.4 is 5.56 Å². The molecule has 1 aromatic carbocycles. The Labute approximate surface area is 132 Å². The highest BCUT2D eigenvalue weighted by molar-refractivity contribution is 6.01. The number of hydrogen-bond acceptors (Lipinski definition) is 5. The molecule has 1 unspecified atom stereocenters. The summed E-state index contributed by atoms with van der Waals surface area (Å²) in [5, 5.41) is 0.862. The minimum atomic E-state index is -0.174. The van der Waals surface area contributed by atoms with Crippen molar-refractivity contribution < 1.29 is 13.9 Å². The Bertz CT molecular complexity index is 877. The summed E-state index contributed by atoms with van der Waals surface area (Å²) in [6.45, 7) is 2.30. The maximum absolute atomic E-state index is 12.5. The Hall–Kier alpha value is -2.18. The van der Waals surface area contributed by atoms with Crippen LogP contribution in [0.4, 0.5) is 0 Å². The van der Waals surface area contributed by atoms with Crippen molar-refractivity contribution >= 4 is 22.1 Å². The van der Waals surface area contributed by atoms with E-state index in [1.165, 1.54) is 4.57 Å². The molecule has 1 aliphatic heterocycles. The Morgan fingerprint density at radius 3 is 3.13 bits per heavy atom. The third kappa shape index (κ3) is 2.75. The summed E-state index contributed by atoms with van der Waals surface area (Å²) in [4.78, 5) is 16.9. The van der Waals surface area contributed by atoms with Crippen LogP contribution in [0.2, 0.25) is 0 Å². The molecule has 1 atom stereocenters. The molecule has 1 fully saturated rings. The number of para-hydroxylation sites is 1. The number of benzene rings is 1. The largest absolute Gasteiger partial charge is 0.448 e. The zero-order valence-corrected chi connectivity index (χ0v) is 12.7. The van der Waals surface area contributed by atoms with Crippen molar-refractivity contribution in [3.05, 3.63) is 40.9 Å². The molecule has 6 heteroatoms. The van der Waals surface area contributed by atoms with E-state index in [-0.39, 0.29) is 11.7 Å². The van der Waals surface area contributed by atoms with Gasteiger partial charge in [-0.1, -0.05) is 12.1 Å². The molecule has 0 saturated carbocycles. The topological polar surface area (TPSA) is 66.5 Å². The van der Waals surface area contributed by atoms with Crippen LogP contribution in [0.5, 0.6) is 0 Å².